The van der Waals surface area contributed by atoms with Crippen LogP contribution in [0.2, 0.25) is 0 Å². The summed E-state index contributed by atoms with van der Waals surface area (Å²) >= 11 is 3.23. The van der Waals surface area contributed by atoms with Gasteiger partial charge in [-0.05, 0) is 35.0 Å². The van der Waals surface area contributed by atoms with Gasteiger partial charge in [-0.1, -0.05) is 0 Å². The van der Waals surface area contributed by atoms with Crippen molar-refractivity contribution in [1.82, 2.24) is 0 Å². The van der Waals surface area contributed by atoms with Gasteiger partial charge in [-0.15, -0.1) is 0 Å². The molecule has 0 fully saturated rings. The van der Waals surface area contributed by atoms with E-state index in [1.807, 2.05) is 6.07 Å². The fourth-order valence-electron chi connectivity index (χ4n) is 1.15. The monoisotopic (exact) mass is 253 g/mol. The minimum Gasteiger partial charge on any atom is -0.496 e. The van der Waals surface area contributed by atoms with Crippen LogP contribution in [-0.4, -0.2) is 12.9 Å². The molecule has 0 spiro atoms. The number of rotatable bonds is 2. The van der Waals surface area contributed by atoms with Gasteiger partial charge >= 0.3 is 0 Å². The zero-order valence-electron chi connectivity index (χ0n) is 7.80. The largest absolute Gasteiger partial charge is 0.496 e. The number of Topliss-reactive ketones (excluding diaryl/α,β-unsaturated/α-hetero) is 1. The van der Waals surface area contributed by atoms with Crippen LogP contribution in [0.3, 0.4) is 0 Å². The number of methoxy groups -OCH3 is 1. The molecule has 3 nitrogen and oxygen atoms in total. The molecule has 72 valence electrons. The second-order valence-corrected chi connectivity index (χ2v) is 3.56. The van der Waals surface area contributed by atoms with Crippen LogP contribution in [0.4, 0.5) is 0 Å². The Balaban J connectivity index is 3.44. The molecule has 0 aliphatic carbocycles. The van der Waals surface area contributed by atoms with Crippen molar-refractivity contribution in [2.45, 2.75) is 6.92 Å². The van der Waals surface area contributed by atoms with Crippen molar-refractivity contribution < 1.29 is 9.53 Å². The Labute approximate surface area is 90.4 Å². The van der Waals surface area contributed by atoms with Crippen LogP contribution in [0.25, 0.3) is 0 Å². The SMILES string of the molecule is COc1cc(C#N)cc(Br)c1C(C)=O. The molecule has 14 heavy (non-hydrogen) atoms. The van der Waals surface area contributed by atoms with Crippen LogP contribution in [0.1, 0.15) is 22.8 Å². The third-order valence-corrected chi connectivity index (χ3v) is 2.38. The Morgan fingerprint density at radius 3 is 2.64 bits per heavy atom. The number of nitrogens with zero attached hydrogens (tertiary/aromatic N) is 1. The van der Waals surface area contributed by atoms with Gasteiger partial charge in [0.05, 0.1) is 24.3 Å². The van der Waals surface area contributed by atoms with E-state index in [0.717, 1.165) is 0 Å². The molecule has 0 amide bonds. The normalized spacial score (nSPS) is 9.29. The van der Waals surface area contributed by atoms with Crippen LogP contribution in [0.15, 0.2) is 16.6 Å². The highest BCUT2D eigenvalue weighted by atomic mass is 79.9. The van der Waals surface area contributed by atoms with E-state index < -0.39 is 0 Å². The van der Waals surface area contributed by atoms with Crippen molar-refractivity contribution in [3.63, 3.8) is 0 Å². The summed E-state index contributed by atoms with van der Waals surface area (Å²) < 4.78 is 5.61. The summed E-state index contributed by atoms with van der Waals surface area (Å²) in [7, 11) is 1.47. The van der Waals surface area contributed by atoms with Crippen molar-refractivity contribution in [2.75, 3.05) is 7.11 Å². The molecular weight excluding hydrogens is 246 g/mol. The standard InChI is InChI=1S/C10H8BrNO2/c1-6(13)10-8(11)3-7(5-12)4-9(10)14-2/h3-4H,1-2H3. The summed E-state index contributed by atoms with van der Waals surface area (Å²) in [6.45, 7) is 1.45. The van der Waals surface area contributed by atoms with Crippen LogP contribution in [0, 0.1) is 11.3 Å². The second kappa shape index (κ2) is 4.25. The number of carbonyl (C=O) groups is 1. The average Bonchev–Trinajstić information content (AvgIpc) is 2.15. The smallest absolute Gasteiger partial charge is 0.164 e. The fraction of sp³-hybridized carbons (Fsp3) is 0.200. The molecule has 0 atom stereocenters. The second-order valence-electron chi connectivity index (χ2n) is 2.70. The predicted octanol–water partition coefficient (Wildman–Crippen LogP) is 2.53. The summed E-state index contributed by atoms with van der Waals surface area (Å²) in [6.07, 6.45) is 0. The molecule has 0 saturated heterocycles. The molecular formula is C10H8BrNO2. The first-order valence-corrected chi connectivity index (χ1v) is 4.68. The number of benzene rings is 1. The van der Waals surface area contributed by atoms with Crippen molar-refractivity contribution in [2.24, 2.45) is 0 Å². The first kappa shape index (κ1) is 10.7. The quantitative estimate of drug-likeness (QED) is 0.762. The van der Waals surface area contributed by atoms with E-state index >= 15 is 0 Å². The van der Waals surface area contributed by atoms with Gasteiger partial charge in [0.1, 0.15) is 5.75 Å². The van der Waals surface area contributed by atoms with E-state index in [-0.39, 0.29) is 5.78 Å². The molecule has 0 radical (unpaired) electrons. The Morgan fingerprint density at radius 2 is 2.21 bits per heavy atom. The zero-order valence-corrected chi connectivity index (χ0v) is 9.38. The van der Waals surface area contributed by atoms with Gasteiger partial charge in [-0.25, -0.2) is 0 Å². The number of nitriles is 1. The highest BCUT2D eigenvalue weighted by Gasteiger charge is 2.13. The maximum atomic E-state index is 11.3. The number of ketones is 1. The third kappa shape index (κ3) is 1.94. The maximum absolute atomic E-state index is 11.3. The first-order chi connectivity index (χ1) is 6.60. The molecule has 0 N–H and O–H groups in total. The minimum atomic E-state index is -0.0989. The van der Waals surface area contributed by atoms with Gasteiger partial charge in [0.25, 0.3) is 0 Å². The molecule has 0 saturated carbocycles. The lowest BCUT2D eigenvalue weighted by Gasteiger charge is -2.07. The lowest BCUT2D eigenvalue weighted by Crippen LogP contribution is -1.99. The highest BCUT2D eigenvalue weighted by molar-refractivity contribution is 9.10. The van der Waals surface area contributed by atoms with Gasteiger partial charge < -0.3 is 4.74 Å². The van der Waals surface area contributed by atoms with Crippen molar-refractivity contribution >= 4 is 21.7 Å². The molecule has 4 heteroatoms. The summed E-state index contributed by atoms with van der Waals surface area (Å²) in [5.74, 6) is 0.321. The van der Waals surface area contributed by atoms with Gasteiger partial charge in [0.2, 0.25) is 0 Å². The highest BCUT2D eigenvalue weighted by Crippen LogP contribution is 2.28. The summed E-state index contributed by atoms with van der Waals surface area (Å²) in [6, 6.07) is 5.13. The van der Waals surface area contributed by atoms with Crippen LogP contribution in [0.5, 0.6) is 5.75 Å². The van der Waals surface area contributed by atoms with Gasteiger partial charge in [-0.3, -0.25) is 4.79 Å². The van der Waals surface area contributed by atoms with Crippen molar-refractivity contribution in [3.8, 4) is 11.8 Å². The predicted molar refractivity (Wildman–Crippen MR) is 55.4 cm³/mol. The van der Waals surface area contributed by atoms with E-state index in [2.05, 4.69) is 15.9 Å². The lowest BCUT2D eigenvalue weighted by molar-refractivity contribution is 0.101. The molecule has 0 aromatic heterocycles. The fourth-order valence-corrected chi connectivity index (χ4v) is 1.87. The summed E-state index contributed by atoms with van der Waals surface area (Å²) in [5, 5.41) is 8.70. The molecule has 0 unspecified atom stereocenters. The third-order valence-electron chi connectivity index (χ3n) is 1.76. The molecule has 1 aromatic rings. The van der Waals surface area contributed by atoms with E-state index in [9.17, 15) is 4.79 Å². The first-order valence-electron chi connectivity index (χ1n) is 3.88. The zero-order chi connectivity index (χ0) is 10.7. The van der Waals surface area contributed by atoms with E-state index in [4.69, 9.17) is 10.00 Å². The topological polar surface area (TPSA) is 50.1 Å². The molecule has 1 rings (SSSR count). The van der Waals surface area contributed by atoms with Crippen molar-refractivity contribution in [3.05, 3.63) is 27.7 Å². The molecule has 1 aromatic carbocycles. The van der Waals surface area contributed by atoms with Gasteiger partial charge in [0.15, 0.2) is 5.78 Å². The summed E-state index contributed by atoms with van der Waals surface area (Å²) in [5.41, 5.74) is 0.922. The Morgan fingerprint density at radius 1 is 1.57 bits per heavy atom. The molecule has 0 aliphatic heterocycles. The Bertz CT molecular complexity index is 421. The van der Waals surface area contributed by atoms with Gasteiger partial charge in [0, 0.05) is 4.47 Å². The van der Waals surface area contributed by atoms with Gasteiger partial charge in [-0.2, -0.15) is 5.26 Å². The number of carbonyl (C=O) groups excluding carboxylic acids is 1. The molecule has 0 bridgehead atoms. The number of ether oxygens (including phenoxy) is 1. The Kier molecular flexibility index (Phi) is 3.26. The van der Waals surface area contributed by atoms with E-state index in [1.54, 1.807) is 12.1 Å². The number of hydrogen-bond acceptors (Lipinski definition) is 3. The number of halogens is 1. The van der Waals surface area contributed by atoms with Crippen molar-refractivity contribution in [1.29, 1.82) is 5.26 Å². The van der Waals surface area contributed by atoms with Crippen LogP contribution >= 0.6 is 15.9 Å². The Hall–Kier alpha value is -1.34. The average molecular weight is 254 g/mol. The van der Waals surface area contributed by atoms with Crippen LogP contribution < -0.4 is 4.74 Å². The van der Waals surface area contributed by atoms with E-state index in [0.29, 0.717) is 21.3 Å². The minimum absolute atomic E-state index is 0.0989. The lowest BCUT2D eigenvalue weighted by atomic mass is 10.1. The molecule has 0 aliphatic rings. The number of hydrogen-bond donors (Lipinski definition) is 0. The maximum Gasteiger partial charge on any atom is 0.164 e. The summed E-state index contributed by atoms with van der Waals surface area (Å²) in [4.78, 5) is 11.3. The molecule has 0 heterocycles. The van der Waals surface area contributed by atoms with E-state index in [1.165, 1.54) is 14.0 Å². The van der Waals surface area contributed by atoms with Crippen LogP contribution in [-0.2, 0) is 0 Å².